The summed E-state index contributed by atoms with van der Waals surface area (Å²) >= 11 is 1.71. The van der Waals surface area contributed by atoms with Crippen LogP contribution >= 0.6 is 11.3 Å². The van der Waals surface area contributed by atoms with E-state index in [9.17, 15) is 0 Å². The number of para-hydroxylation sites is 1. The van der Waals surface area contributed by atoms with Gasteiger partial charge in [0.15, 0.2) is 0 Å². The molecule has 21 heavy (non-hydrogen) atoms. The second-order valence-corrected chi connectivity index (χ2v) is 7.34. The molecule has 1 N–H and O–H groups in total. The van der Waals surface area contributed by atoms with Crippen LogP contribution in [-0.4, -0.2) is 15.1 Å². The van der Waals surface area contributed by atoms with Crippen LogP contribution in [0.2, 0.25) is 0 Å². The van der Waals surface area contributed by atoms with Crippen molar-refractivity contribution in [3.8, 4) is 0 Å². The number of benzene rings is 1. The molecule has 0 saturated carbocycles. The van der Waals surface area contributed by atoms with Crippen molar-refractivity contribution in [3.05, 3.63) is 52.6 Å². The molecule has 0 amide bonds. The van der Waals surface area contributed by atoms with Gasteiger partial charge in [-0.25, -0.2) is 0 Å². The Balaban J connectivity index is 1.94. The molecule has 0 aliphatic carbocycles. The van der Waals surface area contributed by atoms with E-state index in [1.807, 2.05) is 11.7 Å². The van der Waals surface area contributed by atoms with Crippen LogP contribution in [0.5, 0.6) is 0 Å². The van der Waals surface area contributed by atoms with Gasteiger partial charge in [-0.2, -0.15) is 0 Å². The third-order valence-corrected chi connectivity index (χ3v) is 4.26. The molecule has 3 rings (SSSR count). The predicted octanol–water partition coefficient (Wildman–Crippen LogP) is 4.03. The zero-order valence-corrected chi connectivity index (χ0v) is 13.6. The Hall–Kier alpha value is -1.65. The highest BCUT2D eigenvalue weighted by Crippen LogP contribution is 2.22. The Morgan fingerprint density at radius 2 is 2.10 bits per heavy atom. The fourth-order valence-electron chi connectivity index (χ4n) is 2.46. The van der Waals surface area contributed by atoms with Gasteiger partial charge in [0.1, 0.15) is 0 Å². The average Bonchev–Trinajstić information content (AvgIpc) is 3.06. The van der Waals surface area contributed by atoms with Gasteiger partial charge >= 0.3 is 0 Å². The van der Waals surface area contributed by atoms with Crippen LogP contribution in [0.25, 0.3) is 10.9 Å². The van der Waals surface area contributed by atoms with Crippen molar-refractivity contribution in [2.24, 2.45) is 0 Å². The van der Waals surface area contributed by atoms with Gasteiger partial charge in [0.2, 0.25) is 0 Å². The van der Waals surface area contributed by atoms with E-state index in [1.54, 1.807) is 11.3 Å². The molecular formula is C17H21N3S. The van der Waals surface area contributed by atoms with Crippen LogP contribution < -0.4 is 5.32 Å². The first kappa shape index (κ1) is 14.3. The maximum Gasteiger partial charge on any atom is 0.0794 e. The summed E-state index contributed by atoms with van der Waals surface area (Å²) in [5.74, 6) is 0. The van der Waals surface area contributed by atoms with E-state index in [2.05, 4.69) is 66.1 Å². The number of thiazole rings is 1. The standard InChI is InChI=1S/C17H21N3S/c1-17(2,3)19-9-14-6-4-5-13-7-8-20(16(13)14)11-15-10-18-12-21-15/h4-8,10,12,19H,9,11H2,1-3H3. The summed E-state index contributed by atoms with van der Waals surface area (Å²) in [6.45, 7) is 8.37. The minimum absolute atomic E-state index is 0.122. The van der Waals surface area contributed by atoms with Crippen molar-refractivity contribution >= 4 is 22.2 Å². The monoisotopic (exact) mass is 299 g/mol. The molecule has 0 saturated heterocycles. The summed E-state index contributed by atoms with van der Waals surface area (Å²) in [5.41, 5.74) is 4.68. The SMILES string of the molecule is CC(C)(C)NCc1cccc2ccn(Cc3cncs3)c12. The fraction of sp³-hybridized carbons (Fsp3) is 0.353. The van der Waals surface area contributed by atoms with Crippen LogP contribution in [0.4, 0.5) is 0 Å². The molecule has 0 aliphatic rings. The Morgan fingerprint density at radius 1 is 1.24 bits per heavy atom. The average molecular weight is 299 g/mol. The zero-order valence-electron chi connectivity index (χ0n) is 12.8. The van der Waals surface area contributed by atoms with Crippen molar-refractivity contribution in [1.82, 2.24) is 14.9 Å². The Labute approximate surface area is 129 Å². The molecule has 0 aliphatic heterocycles. The maximum atomic E-state index is 4.17. The van der Waals surface area contributed by atoms with Crippen LogP contribution in [0.15, 0.2) is 42.2 Å². The zero-order chi connectivity index (χ0) is 14.9. The van der Waals surface area contributed by atoms with E-state index in [0.717, 1.165) is 13.1 Å². The van der Waals surface area contributed by atoms with E-state index >= 15 is 0 Å². The molecule has 2 heterocycles. The Morgan fingerprint density at radius 3 is 2.81 bits per heavy atom. The maximum absolute atomic E-state index is 4.17. The molecule has 0 unspecified atom stereocenters. The quantitative estimate of drug-likeness (QED) is 0.788. The van der Waals surface area contributed by atoms with Gasteiger partial charge in [0.25, 0.3) is 0 Å². The van der Waals surface area contributed by atoms with Crippen LogP contribution in [0.3, 0.4) is 0 Å². The molecule has 3 nitrogen and oxygen atoms in total. The number of hydrogen-bond donors (Lipinski definition) is 1. The van der Waals surface area contributed by atoms with Crippen LogP contribution in [-0.2, 0) is 13.1 Å². The summed E-state index contributed by atoms with van der Waals surface area (Å²) in [4.78, 5) is 5.45. The number of rotatable bonds is 4. The van der Waals surface area contributed by atoms with Crippen molar-refractivity contribution in [1.29, 1.82) is 0 Å². The number of hydrogen-bond acceptors (Lipinski definition) is 3. The molecular weight excluding hydrogens is 278 g/mol. The first-order valence-corrected chi connectivity index (χ1v) is 8.10. The second-order valence-electron chi connectivity index (χ2n) is 6.37. The van der Waals surface area contributed by atoms with E-state index in [-0.39, 0.29) is 5.54 Å². The number of aromatic nitrogens is 2. The predicted molar refractivity (Wildman–Crippen MR) is 89.7 cm³/mol. The summed E-state index contributed by atoms with van der Waals surface area (Å²) in [5, 5.41) is 4.88. The van der Waals surface area contributed by atoms with E-state index in [0.29, 0.717) is 0 Å². The highest BCUT2D eigenvalue weighted by molar-refractivity contribution is 7.09. The molecule has 110 valence electrons. The highest BCUT2D eigenvalue weighted by atomic mass is 32.1. The smallest absolute Gasteiger partial charge is 0.0794 e. The Bertz CT molecular complexity index is 720. The Kier molecular flexibility index (Phi) is 3.83. The van der Waals surface area contributed by atoms with Gasteiger partial charge in [-0.05, 0) is 37.8 Å². The minimum atomic E-state index is 0.122. The minimum Gasteiger partial charge on any atom is -0.342 e. The molecule has 2 aromatic heterocycles. The molecule has 4 heteroatoms. The molecule has 0 radical (unpaired) electrons. The molecule has 0 spiro atoms. The lowest BCUT2D eigenvalue weighted by molar-refractivity contribution is 0.425. The van der Waals surface area contributed by atoms with Gasteiger partial charge in [-0.3, -0.25) is 4.98 Å². The van der Waals surface area contributed by atoms with Gasteiger partial charge in [0, 0.05) is 29.4 Å². The van der Waals surface area contributed by atoms with Gasteiger partial charge in [0.05, 0.1) is 17.6 Å². The summed E-state index contributed by atoms with van der Waals surface area (Å²) in [6, 6.07) is 8.72. The van der Waals surface area contributed by atoms with Gasteiger partial charge < -0.3 is 9.88 Å². The lowest BCUT2D eigenvalue weighted by atomic mass is 10.1. The highest BCUT2D eigenvalue weighted by Gasteiger charge is 2.12. The lowest BCUT2D eigenvalue weighted by Crippen LogP contribution is -2.35. The third-order valence-electron chi connectivity index (χ3n) is 3.49. The summed E-state index contributed by atoms with van der Waals surface area (Å²) in [7, 11) is 0. The van der Waals surface area contributed by atoms with E-state index in [4.69, 9.17) is 0 Å². The molecule has 0 atom stereocenters. The largest absolute Gasteiger partial charge is 0.342 e. The fourth-order valence-corrected chi connectivity index (χ4v) is 3.06. The molecule has 0 fully saturated rings. The molecule has 1 aromatic carbocycles. The number of nitrogens with zero attached hydrogens (tertiary/aromatic N) is 2. The normalized spacial score (nSPS) is 12.1. The number of fused-ring (bicyclic) bond motifs is 1. The van der Waals surface area contributed by atoms with Crippen molar-refractivity contribution in [2.45, 2.75) is 39.4 Å². The molecule has 0 bridgehead atoms. The third kappa shape index (κ3) is 3.34. The van der Waals surface area contributed by atoms with Gasteiger partial charge in [-0.1, -0.05) is 18.2 Å². The summed E-state index contributed by atoms with van der Waals surface area (Å²) < 4.78 is 2.32. The van der Waals surface area contributed by atoms with E-state index in [1.165, 1.54) is 21.3 Å². The lowest BCUT2D eigenvalue weighted by Gasteiger charge is -2.21. The van der Waals surface area contributed by atoms with Crippen molar-refractivity contribution in [3.63, 3.8) is 0 Å². The first-order valence-electron chi connectivity index (χ1n) is 7.22. The number of nitrogens with one attached hydrogen (secondary N) is 1. The summed E-state index contributed by atoms with van der Waals surface area (Å²) in [6.07, 6.45) is 4.12. The van der Waals surface area contributed by atoms with Gasteiger partial charge in [-0.15, -0.1) is 11.3 Å². The molecule has 3 aromatic rings. The van der Waals surface area contributed by atoms with Crippen LogP contribution in [0, 0.1) is 0 Å². The topological polar surface area (TPSA) is 29.9 Å². The van der Waals surface area contributed by atoms with Crippen molar-refractivity contribution in [2.75, 3.05) is 0 Å². The van der Waals surface area contributed by atoms with Crippen molar-refractivity contribution < 1.29 is 0 Å². The van der Waals surface area contributed by atoms with Crippen LogP contribution in [0.1, 0.15) is 31.2 Å². The second kappa shape index (κ2) is 5.62. The first-order chi connectivity index (χ1) is 10.0. The van der Waals surface area contributed by atoms with E-state index < -0.39 is 0 Å².